The van der Waals surface area contributed by atoms with Gasteiger partial charge in [0.25, 0.3) is 0 Å². The van der Waals surface area contributed by atoms with Crippen LogP contribution in [0.15, 0.2) is 40.5 Å². The van der Waals surface area contributed by atoms with Crippen molar-refractivity contribution in [2.24, 2.45) is 0 Å². The fraction of sp³-hybridized carbons (Fsp3) is 0.385. The monoisotopic (exact) mass is 273 g/mol. The van der Waals surface area contributed by atoms with E-state index in [1.54, 1.807) is 0 Å². The molecule has 1 heteroatoms. The van der Waals surface area contributed by atoms with Crippen molar-refractivity contribution in [3.05, 3.63) is 46.6 Å². The van der Waals surface area contributed by atoms with E-state index in [4.69, 9.17) is 0 Å². The van der Waals surface area contributed by atoms with Gasteiger partial charge < -0.3 is 0 Å². The van der Waals surface area contributed by atoms with Crippen LogP contribution >= 0.6 is 0 Å². The summed E-state index contributed by atoms with van der Waals surface area (Å²) in [7, 11) is 0. The molecule has 0 amide bonds. The van der Waals surface area contributed by atoms with E-state index >= 15 is 0 Å². The fourth-order valence-electron chi connectivity index (χ4n) is 2.05. The molecule has 2 aliphatic rings. The third kappa shape index (κ3) is 1.98. The van der Waals surface area contributed by atoms with Gasteiger partial charge in [-0.15, -0.1) is 12.0 Å². The minimum Gasteiger partial charge on any atom is -0.269 e. The summed E-state index contributed by atoms with van der Waals surface area (Å²) in [6, 6.07) is 0. The van der Waals surface area contributed by atoms with E-state index in [-0.39, 0.29) is 19.5 Å². The zero-order chi connectivity index (χ0) is 9.26. The third-order valence-electron chi connectivity index (χ3n) is 2.79. The van der Waals surface area contributed by atoms with Crippen LogP contribution in [-0.4, -0.2) is 0 Å². The molecule has 0 fully saturated rings. The van der Waals surface area contributed by atoms with Crippen LogP contribution in [0.25, 0.3) is 0 Å². The van der Waals surface area contributed by atoms with Crippen molar-refractivity contribution >= 4 is 0 Å². The van der Waals surface area contributed by atoms with Gasteiger partial charge in [0, 0.05) is 0 Å². The molecule has 0 saturated heterocycles. The van der Waals surface area contributed by atoms with Crippen molar-refractivity contribution in [3.63, 3.8) is 0 Å². The van der Waals surface area contributed by atoms with Gasteiger partial charge in [0.2, 0.25) is 0 Å². The Morgan fingerprint density at radius 2 is 2.21 bits per heavy atom. The van der Waals surface area contributed by atoms with Gasteiger partial charge in [0.1, 0.15) is 0 Å². The summed E-state index contributed by atoms with van der Waals surface area (Å²) in [6.45, 7) is 4.41. The second-order valence-corrected chi connectivity index (χ2v) is 3.60. The largest absolute Gasteiger partial charge is 1.00 e. The zero-order valence-corrected chi connectivity index (χ0v) is 10.4. The van der Waals surface area contributed by atoms with Crippen molar-refractivity contribution in [3.8, 4) is 0 Å². The van der Waals surface area contributed by atoms with Gasteiger partial charge in [-0.3, -0.25) is 6.08 Å². The van der Waals surface area contributed by atoms with Crippen LogP contribution < -0.4 is 0 Å². The maximum absolute atomic E-state index is 3.42. The maximum atomic E-state index is 3.42. The van der Waals surface area contributed by atoms with Crippen LogP contribution in [0.4, 0.5) is 0 Å². The topological polar surface area (TPSA) is 0 Å². The molecular weight excluding hydrogens is 257 g/mol. The van der Waals surface area contributed by atoms with Crippen LogP contribution in [-0.2, 0) is 19.5 Å². The molecule has 0 bridgehead atoms. The van der Waals surface area contributed by atoms with E-state index in [9.17, 15) is 0 Å². The van der Waals surface area contributed by atoms with E-state index in [2.05, 4.69) is 38.2 Å². The molecule has 0 heterocycles. The van der Waals surface area contributed by atoms with Crippen molar-refractivity contribution in [2.75, 3.05) is 0 Å². The summed E-state index contributed by atoms with van der Waals surface area (Å²) in [5.74, 6) is 0. The average molecular weight is 272 g/mol. The number of hydrogen-bond donors (Lipinski definition) is 0. The SMILES string of the molecule is CCC1=[C-]CC=C1C1=C(C)C=CC1.[Ru+]. The van der Waals surface area contributed by atoms with E-state index in [0.29, 0.717) is 0 Å². The van der Waals surface area contributed by atoms with Crippen LogP contribution in [0, 0.1) is 6.08 Å². The van der Waals surface area contributed by atoms with Crippen molar-refractivity contribution < 1.29 is 19.5 Å². The van der Waals surface area contributed by atoms with E-state index in [0.717, 1.165) is 19.3 Å². The van der Waals surface area contributed by atoms with E-state index in [1.165, 1.54) is 22.3 Å². The molecule has 0 unspecified atom stereocenters. The molecule has 0 saturated carbocycles. The molecule has 1 radical (unpaired) electrons. The first-order valence-electron chi connectivity index (χ1n) is 4.99. The molecule has 0 aromatic heterocycles. The van der Waals surface area contributed by atoms with Crippen LogP contribution in [0.5, 0.6) is 0 Å². The maximum Gasteiger partial charge on any atom is 1.00 e. The smallest absolute Gasteiger partial charge is 0.269 e. The summed E-state index contributed by atoms with van der Waals surface area (Å²) in [5.41, 5.74) is 5.82. The number of rotatable bonds is 2. The Kier molecular flexibility index (Phi) is 4.07. The Balaban J connectivity index is 0.000000980. The van der Waals surface area contributed by atoms with Gasteiger partial charge in [-0.05, 0) is 13.3 Å². The molecule has 14 heavy (non-hydrogen) atoms. The predicted octanol–water partition coefficient (Wildman–Crippen LogP) is 3.73. The first-order chi connectivity index (χ1) is 6.33. The summed E-state index contributed by atoms with van der Waals surface area (Å²) < 4.78 is 0. The van der Waals surface area contributed by atoms with Gasteiger partial charge in [0.05, 0.1) is 0 Å². The van der Waals surface area contributed by atoms with Crippen molar-refractivity contribution in [1.82, 2.24) is 0 Å². The molecule has 0 nitrogen and oxygen atoms in total. The Hall–Kier alpha value is -0.417. The van der Waals surface area contributed by atoms with Gasteiger partial charge >= 0.3 is 19.5 Å². The Morgan fingerprint density at radius 3 is 2.79 bits per heavy atom. The molecule has 0 spiro atoms. The standard InChI is InChI=1S/C13H15.Ru/c1-3-11-7-5-9-13(11)12-8-4-6-10(12)2;/h4,6,9H,3,5,8H2,1-2H3;/q-1;+1. The first kappa shape index (κ1) is 11.7. The van der Waals surface area contributed by atoms with E-state index in [1.807, 2.05) is 0 Å². The average Bonchev–Trinajstić information content (AvgIpc) is 2.71. The second kappa shape index (κ2) is 4.89. The van der Waals surface area contributed by atoms with Gasteiger partial charge in [-0.1, -0.05) is 31.1 Å². The number of allylic oxidation sites excluding steroid dienone is 8. The Bertz CT molecular complexity index is 340. The Labute approximate surface area is 99.2 Å². The molecule has 0 aromatic rings. The minimum atomic E-state index is 0. The fourth-order valence-corrected chi connectivity index (χ4v) is 2.05. The summed E-state index contributed by atoms with van der Waals surface area (Å²) in [4.78, 5) is 0. The predicted molar refractivity (Wildman–Crippen MR) is 56.2 cm³/mol. The molecule has 2 rings (SSSR count). The van der Waals surface area contributed by atoms with Gasteiger partial charge in [0.15, 0.2) is 0 Å². The quantitative estimate of drug-likeness (QED) is 0.531. The number of hydrogen-bond acceptors (Lipinski definition) is 0. The molecule has 2 aliphatic carbocycles. The van der Waals surface area contributed by atoms with Crippen molar-refractivity contribution in [2.45, 2.75) is 33.1 Å². The first-order valence-corrected chi connectivity index (χ1v) is 4.99. The normalized spacial score (nSPS) is 19.6. The second-order valence-electron chi connectivity index (χ2n) is 3.60. The van der Waals surface area contributed by atoms with Gasteiger partial charge in [-0.25, -0.2) is 5.57 Å². The molecule has 0 aromatic carbocycles. The van der Waals surface area contributed by atoms with Crippen LogP contribution in [0.3, 0.4) is 0 Å². The summed E-state index contributed by atoms with van der Waals surface area (Å²) >= 11 is 0. The van der Waals surface area contributed by atoms with E-state index < -0.39 is 0 Å². The van der Waals surface area contributed by atoms with Crippen LogP contribution in [0.2, 0.25) is 0 Å². The zero-order valence-electron chi connectivity index (χ0n) is 8.71. The van der Waals surface area contributed by atoms with Crippen molar-refractivity contribution in [1.29, 1.82) is 0 Å². The molecule has 0 atom stereocenters. The molecule has 0 N–H and O–H groups in total. The third-order valence-corrected chi connectivity index (χ3v) is 2.79. The molecule has 0 aliphatic heterocycles. The summed E-state index contributed by atoms with van der Waals surface area (Å²) in [5, 5.41) is 0. The Morgan fingerprint density at radius 1 is 1.43 bits per heavy atom. The molecular formula is C13H15Ru. The van der Waals surface area contributed by atoms with Crippen LogP contribution in [0.1, 0.15) is 33.1 Å². The van der Waals surface area contributed by atoms with Gasteiger partial charge in [-0.2, -0.15) is 11.6 Å². The minimum absolute atomic E-state index is 0. The summed E-state index contributed by atoms with van der Waals surface area (Å²) in [6.07, 6.45) is 13.4. The molecule has 75 valence electrons.